The number of hydrogen-bond donors (Lipinski definition) is 2. The maximum atomic E-state index is 14.5. The fourth-order valence-corrected chi connectivity index (χ4v) is 4.87. The zero-order chi connectivity index (χ0) is 17.3. The van der Waals surface area contributed by atoms with Gasteiger partial charge in [0.15, 0.2) is 5.17 Å². The predicted octanol–water partition coefficient (Wildman–Crippen LogP) is 2.77. The number of thioether (sulfide) groups is 1. The number of carbonyl (C=O) groups is 1. The molecule has 1 fully saturated rings. The number of hydrogen-bond acceptors (Lipinski definition) is 4. The first-order valence-corrected chi connectivity index (χ1v) is 9.06. The lowest BCUT2D eigenvalue weighted by Crippen LogP contribution is -2.42. The summed E-state index contributed by atoms with van der Waals surface area (Å²) in [6.07, 6.45) is 0. The van der Waals surface area contributed by atoms with E-state index in [0.717, 1.165) is 6.54 Å². The summed E-state index contributed by atoms with van der Waals surface area (Å²) < 4.78 is 14.1. The molecular formula is C19H18FN3OS. The smallest absolute Gasteiger partial charge is 0.257 e. The lowest BCUT2D eigenvalue weighted by molar-refractivity contribution is 0.0977. The van der Waals surface area contributed by atoms with E-state index >= 15 is 0 Å². The van der Waals surface area contributed by atoms with Gasteiger partial charge in [0, 0.05) is 36.7 Å². The van der Waals surface area contributed by atoms with E-state index in [1.807, 2.05) is 30.3 Å². The molecule has 2 aromatic rings. The van der Waals surface area contributed by atoms with E-state index in [4.69, 9.17) is 0 Å². The summed E-state index contributed by atoms with van der Waals surface area (Å²) in [5.41, 5.74) is 1.26. The normalized spacial score (nSPS) is 25.2. The Morgan fingerprint density at radius 1 is 1.20 bits per heavy atom. The average molecular weight is 355 g/mol. The molecule has 0 aliphatic carbocycles. The first-order valence-electron chi connectivity index (χ1n) is 8.25. The number of nitrogens with one attached hydrogen (secondary N) is 2. The van der Waals surface area contributed by atoms with Crippen LogP contribution in [0, 0.1) is 11.7 Å². The quantitative estimate of drug-likeness (QED) is 0.871. The van der Waals surface area contributed by atoms with Crippen LogP contribution in [0.15, 0.2) is 59.6 Å². The summed E-state index contributed by atoms with van der Waals surface area (Å²) in [6.45, 7) is 2.02. The number of benzene rings is 2. The molecule has 4 rings (SSSR count). The maximum absolute atomic E-state index is 14.5. The van der Waals surface area contributed by atoms with Crippen LogP contribution in [0.2, 0.25) is 0 Å². The second kappa shape index (κ2) is 6.61. The van der Waals surface area contributed by atoms with Crippen LogP contribution in [0.25, 0.3) is 0 Å². The minimum atomic E-state index is -0.438. The fourth-order valence-electron chi connectivity index (χ4n) is 3.47. The summed E-state index contributed by atoms with van der Waals surface area (Å²) in [4.78, 5) is 16.9. The van der Waals surface area contributed by atoms with Crippen LogP contribution < -0.4 is 10.6 Å². The van der Waals surface area contributed by atoms with Gasteiger partial charge in [-0.15, -0.1) is 0 Å². The lowest BCUT2D eigenvalue weighted by Gasteiger charge is -2.37. The van der Waals surface area contributed by atoms with Crippen LogP contribution in [-0.4, -0.2) is 30.7 Å². The molecule has 0 aromatic heterocycles. The summed E-state index contributed by atoms with van der Waals surface area (Å²) >= 11 is 1.46. The maximum Gasteiger partial charge on any atom is 0.257 e. The summed E-state index contributed by atoms with van der Waals surface area (Å²) in [5, 5.41) is 6.80. The van der Waals surface area contributed by atoms with Gasteiger partial charge in [-0.2, -0.15) is 0 Å². The van der Waals surface area contributed by atoms with Crippen LogP contribution in [-0.2, 0) is 4.75 Å². The monoisotopic (exact) mass is 355 g/mol. The van der Waals surface area contributed by atoms with Crippen LogP contribution in [0.4, 0.5) is 4.39 Å². The largest absolute Gasteiger partial charge is 0.315 e. The number of halogens is 1. The van der Waals surface area contributed by atoms with Gasteiger partial charge >= 0.3 is 0 Å². The molecule has 128 valence electrons. The molecule has 0 spiro atoms. The van der Waals surface area contributed by atoms with Crippen molar-refractivity contribution in [3.63, 3.8) is 0 Å². The van der Waals surface area contributed by atoms with Crippen molar-refractivity contribution in [1.29, 1.82) is 0 Å². The van der Waals surface area contributed by atoms with E-state index < -0.39 is 4.75 Å². The second-order valence-electron chi connectivity index (χ2n) is 6.27. The molecule has 2 aliphatic heterocycles. The molecule has 0 radical (unpaired) electrons. The molecule has 0 unspecified atom stereocenters. The Kier molecular flexibility index (Phi) is 4.31. The molecule has 25 heavy (non-hydrogen) atoms. The molecule has 2 N–H and O–H groups in total. The van der Waals surface area contributed by atoms with Crippen molar-refractivity contribution in [2.24, 2.45) is 10.9 Å². The Bertz CT molecular complexity index is 826. The van der Waals surface area contributed by atoms with Crippen LogP contribution in [0.5, 0.6) is 0 Å². The van der Waals surface area contributed by atoms with Crippen LogP contribution in [0.1, 0.15) is 15.9 Å². The van der Waals surface area contributed by atoms with Crippen molar-refractivity contribution in [1.82, 2.24) is 10.6 Å². The van der Waals surface area contributed by atoms with Gasteiger partial charge < -0.3 is 10.6 Å². The predicted molar refractivity (Wildman–Crippen MR) is 98.2 cm³/mol. The van der Waals surface area contributed by atoms with Crippen molar-refractivity contribution in [3.8, 4) is 0 Å². The van der Waals surface area contributed by atoms with Crippen LogP contribution in [0.3, 0.4) is 0 Å². The molecule has 2 aliphatic rings. The molecule has 0 saturated carbocycles. The van der Waals surface area contributed by atoms with Crippen molar-refractivity contribution in [3.05, 3.63) is 71.5 Å². The summed E-state index contributed by atoms with van der Waals surface area (Å²) in [5.74, 6) is -0.203. The SMILES string of the molecule is O=C(NC1=NC[C@H]2CNC[C@]2(c2ccccc2F)S1)c1ccccc1. The van der Waals surface area contributed by atoms with Gasteiger partial charge in [0.1, 0.15) is 5.82 Å². The van der Waals surface area contributed by atoms with Crippen molar-refractivity contribution >= 4 is 22.8 Å². The van der Waals surface area contributed by atoms with Crippen LogP contribution >= 0.6 is 11.8 Å². The second-order valence-corrected chi connectivity index (χ2v) is 7.58. The fraction of sp³-hybridized carbons (Fsp3) is 0.263. The first kappa shape index (κ1) is 16.3. The number of amidine groups is 1. The Hall–Kier alpha value is -2.18. The van der Waals surface area contributed by atoms with Crippen molar-refractivity contribution in [2.75, 3.05) is 19.6 Å². The third-order valence-electron chi connectivity index (χ3n) is 4.76. The number of carbonyl (C=O) groups excluding carboxylic acids is 1. The van der Waals surface area contributed by atoms with Gasteiger partial charge in [-0.3, -0.25) is 9.79 Å². The number of nitrogens with zero attached hydrogens (tertiary/aromatic N) is 1. The third-order valence-corrected chi connectivity index (χ3v) is 6.24. The molecule has 1 amide bonds. The van der Waals surface area contributed by atoms with Gasteiger partial charge in [0.2, 0.25) is 0 Å². The van der Waals surface area contributed by atoms with E-state index in [-0.39, 0.29) is 17.6 Å². The highest BCUT2D eigenvalue weighted by Crippen LogP contribution is 2.48. The number of rotatable bonds is 2. The molecule has 2 aromatic carbocycles. The zero-order valence-electron chi connectivity index (χ0n) is 13.5. The lowest BCUT2D eigenvalue weighted by atomic mass is 9.87. The zero-order valence-corrected chi connectivity index (χ0v) is 14.4. The highest BCUT2D eigenvalue weighted by Gasteiger charge is 2.49. The molecule has 6 heteroatoms. The highest BCUT2D eigenvalue weighted by atomic mass is 32.2. The number of amides is 1. The Morgan fingerprint density at radius 3 is 2.76 bits per heavy atom. The van der Waals surface area contributed by atoms with Gasteiger partial charge in [-0.1, -0.05) is 48.2 Å². The Morgan fingerprint density at radius 2 is 1.96 bits per heavy atom. The van der Waals surface area contributed by atoms with E-state index in [9.17, 15) is 9.18 Å². The van der Waals surface area contributed by atoms with Gasteiger partial charge in [-0.25, -0.2) is 4.39 Å². The Balaban J connectivity index is 1.61. The minimum absolute atomic E-state index is 0.195. The number of aliphatic imine (C=N–C) groups is 1. The van der Waals surface area contributed by atoms with E-state index in [1.54, 1.807) is 18.2 Å². The van der Waals surface area contributed by atoms with E-state index in [0.29, 0.717) is 29.4 Å². The van der Waals surface area contributed by atoms with E-state index in [1.165, 1.54) is 17.8 Å². The van der Waals surface area contributed by atoms with Gasteiger partial charge in [0.05, 0.1) is 4.75 Å². The minimum Gasteiger partial charge on any atom is -0.315 e. The van der Waals surface area contributed by atoms with Crippen molar-refractivity contribution in [2.45, 2.75) is 4.75 Å². The Labute approximate surface area is 149 Å². The molecule has 2 atom stereocenters. The first-order chi connectivity index (χ1) is 12.2. The van der Waals surface area contributed by atoms with Gasteiger partial charge in [-0.05, 0) is 18.2 Å². The molecule has 4 nitrogen and oxygen atoms in total. The van der Waals surface area contributed by atoms with E-state index in [2.05, 4.69) is 15.6 Å². The highest BCUT2D eigenvalue weighted by molar-refractivity contribution is 8.14. The number of fused-ring (bicyclic) bond motifs is 1. The topological polar surface area (TPSA) is 53.5 Å². The molecule has 2 heterocycles. The van der Waals surface area contributed by atoms with Crippen molar-refractivity contribution < 1.29 is 9.18 Å². The standard InChI is InChI=1S/C19H18FN3OS/c20-16-9-5-4-8-15(16)19-12-21-10-14(19)11-22-18(25-19)23-17(24)13-6-2-1-3-7-13/h1-9,14,21H,10-12H2,(H,22,23,24)/t14-,19+/m1/s1. The molecule has 1 saturated heterocycles. The van der Waals surface area contributed by atoms with Gasteiger partial charge in [0.25, 0.3) is 5.91 Å². The molecular weight excluding hydrogens is 337 g/mol. The summed E-state index contributed by atoms with van der Waals surface area (Å²) in [6, 6.07) is 15.9. The summed E-state index contributed by atoms with van der Waals surface area (Å²) in [7, 11) is 0. The third kappa shape index (κ3) is 2.96. The average Bonchev–Trinajstić information content (AvgIpc) is 3.07. The molecule has 0 bridgehead atoms.